The van der Waals surface area contributed by atoms with Crippen molar-refractivity contribution in [2.24, 2.45) is 0 Å². The first-order valence-corrected chi connectivity index (χ1v) is 10.3. The minimum atomic E-state index is -0.0137. The molecular formula is C23H21N3O2S. The standard InChI is InChI=1S/C23H21N3O2S/c1-28-18-9-5-8-17(12-18)23(27)26-11-10-19-20(13-24)22(29-21(19)15-26)25-14-16-6-3-2-4-7-16/h2-9,12,25H,10-11,14-15H2,1H3. The van der Waals surface area contributed by atoms with E-state index >= 15 is 0 Å². The molecule has 1 aliphatic heterocycles. The Balaban J connectivity index is 1.52. The van der Waals surface area contributed by atoms with Crippen LogP contribution in [-0.2, 0) is 19.5 Å². The maximum atomic E-state index is 12.9. The van der Waals surface area contributed by atoms with Crippen LogP contribution in [0.3, 0.4) is 0 Å². The van der Waals surface area contributed by atoms with Crippen molar-refractivity contribution in [3.63, 3.8) is 0 Å². The normalized spacial score (nSPS) is 12.8. The molecule has 2 aromatic carbocycles. The van der Waals surface area contributed by atoms with Gasteiger partial charge in [0.2, 0.25) is 0 Å². The van der Waals surface area contributed by atoms with E-state index in [9.17, 15) is 10.1 Å². The van der Waals surface area contributed by atoms with E-state index in [0.29, 0.717) is 37.4 Å². The van der Waals surface area contributed by atoms with Crippen LogP contribution < -0.4 is 10.1 Å². The number of thiophene rings is 1. The molecule has 1 aliphatic rings. The highest BCUT2D eigenvalue weighted by molar-refractivity contribution is 7.16. The maximum absolute atomic E-state index is 12.9. The Labute approximate surface area is 174 Å². The van der Waals surface area contributed by atoms with Gasteiger partial charge in [-0.05, 0) is 35.7 Å². The molecule has 0 atom stereocenters. The minimum absolute atomic E-state index is 0.0137. The first kappa shape index (κ1) is 19.0. The van der Waals surface area contributed by atoms with Crippen LogP contribution in [-0.4, -0.2) is 24.5 Å². The summed E-state index contributed by atoms with van der Waals surface area (Å²) < 4.78 is 5.23. The maximum Gasteiger partial charge on any atom is 0.254 e. The summed E-state index contributed by atoms with van der Waals surface area (Å²) in [5.41, 5.74) is 3.57. The van der Waals surface area contributed by atoms with Crippen molar-refractivity contribution < 1.29 is 9.53 Å². The second kappa shape index (κ2) is 8.38. The fourth-order valence-electron chi connectivity index (χ4n) is 3.54. The van der Waals surface area contributed by atoms with Crippen molar-refractivity contribution in [3.8, 4) is 11.8 Å². The molecule has 0 aliphatic carbocycles. The molecule has 0 saturated heterocycles. The number of methoxy groups -OCH3 is 1. The van der Waals surface area contributed by atoms with Gasteiger partial charge in [0, 0.05) is 23.5 Å². The van der Waals surface area contributed by atoms with Crippen molar-refractivity contribution in [1.82, 2.24) is 4.90 Å². The largest absolute Gasteiger partial charge is 0.497 e. The molecule has 6 heteroatoms. The van der Waals surface area contributed by atoms with Crippen LogP contribution in [0.4, 0.5) is 5.00 Å². The molecule has 1 N–H and O–H groups in total. The Morgan fingerprint density at radius 3 is 2.83 bits per heavy atom. The van der Waals surface area contributed by atoms with Crippen LogP contribution in [0, 0.1) is 11.3 Å². The van der Waals surface area contributed by atoms with Gasteiger partial charge in [-0.1, -0.05) is 36.4 Å². The average Bonchev–Trinajstić information content (AvgIpc) is 3.14. The summed E-state index contributed by atoms with van der Waals surface area (Å²) in [7, 11) is 1.59. The lowest BCUT2D eigenvalue weighted by Gasteiger charge is -2.27. The lowest BCUT2D eigenvalue weighted by Crippen LogP contribution is -2.35. The SMILES string of the molecule is COc1cccc(C(=O)N2CCc3c(sc(NCc4ccccc4)c3C#N)C2)c1. The van der Waals surface area contributed by atoms with E-state index < -0.39 is 0 Å². The number of carbonyl (C=O) groups excluding carboxylic acids is 1. The summed E-state index contributed by atoms with van der Waals surface area (Å²) in [5.74, 6) is 0.657. The number of ether oxygens (including phenoxy) is 1. The number of rotatable bonds is 5. The molecule has 1 aromatic heterocycles. The molecule has 29 heavy (non-hydrogen) atoms. The van der Waals surface area contributed by atoms with E-state index in [2.05, 4.69) is 23.5 Å². The van der Waals surface area contributed by atoms with Crippen molar-refractivity contribution in [2.75, 3.05) is 19.0 Å². The van der Waals surface area contributed by atoms with E-state index in [1.807, 2.05) is 41.3 Å². The van der Waals surface area contributed by atoms with Crippen molar-refractivity contribution >= 4 is 22.2 Å². The van der Waals surface area contributed by atoms with Gasteiger partial charge in [0.1, 0.15) is 16.8 Å². The van der Waals surface area contributed by atoms with E-state index in [1.165, 1.54) is 0 Å². The molecule has 0 fully saturated rings. The predicted molar refractivity (Wildman–Crippen MR) is 114 cm³/mol. The topological polar surface area (TPSA) is 65.4 Å². The van der Waals surface area contributed by atoms with Gasteiger partial charge in [-0.15, -0.1) is 11.3 Å². The molecule has 4 rings (SSSR count). The van der Waals surface area contributed by atoms with Gasteiger partial charge >= 0.3 is 0 Å². The van der Waals surface area contributed by atoms with Crippen LogP contribution in [0.25, 0.3) is 0 Å². The number of nitrogens with one attached hydrogen (secondary N) is 1. The summed E-state index contributed by atoms with van der Waals surface area (Å²) in [4.78, 5) is 15.9. The van der Waals surface area contributed by atoms with Gasteiger partial charge in [-0.2, -0.15) is 5.26 Å². The molecule has 2 heterocycles. The van der Waals surface area contributed by atoms with Crippen LogP contribution in [0.2, 0.25) is 0 Å². The van der Waals surface area contributed by atoms with Crippen molar-refractivity contribution in [3.05, 3.63) is 81.7 Å². The van der Waals surface area contributed by atoms with Gasteiger partial charge in [0.15, 0.2) is 0 Å². The van der Waals surface area contributed by atoms with Crippen LogP contribution in [0.5, 0.6) is 5.75 Å². The van der Waals surface area contributed by atoms with Crippen LogP contribution in [0.15, 0.2) is 54.6 Å². The Morgan fingerprint density at radius 1 is 1.24 bits per heavy atom. The first-order chi connectivity index (χ1) is 14.2. The van der Waals surface area contributed by atoms with Gasteiger partial charge < -0.3 is 15.0 Å². The number of fused-ring (bicyclic) bond motifs is 1. The number of amides is 1. The van der Waals surface area contributed by atoms with E-state index in [0.717, 1.165) is 26.6 Å². The number of carbonyl (C=O) groups is 1. The number of hydrogen-bond acceptors (Lipinski definition) is 5. The monoisotopic (exact) mass is 403 g/mol. The lowest BCUT2D eigenvalue weighted by atomic mass is 10.0. The van der Waals surface area contributed by atoms with Crippen LogP contribution in [0.1, 0.15) is 31.9 Å². The quantitative estimate of drug-likeness (QED) is 0.684. The number of nitrogens with zero attached hydrogens (tertiary/aromatic N) is 2. The molecule has 1 amide bonds. The number of anilines is 1. The molecule has 0 radical (unpaired) electrons. The Hall–Kier alpha value is -3.30. The van der Waals surface area contributed by atoms with Crippen LogP contribution >= 0.6 is 11.3 Å². The molecule has 146 valence electrons. The zero-order valence-corrected chi connectivity index (χ0v) is 17.0. The fraction of sp³-hybridized carbons (Fsp3) is 0.217. The summed E-state index contributed by atoms with van der Waals surface area (Å²) in [6.07, 6.45) is 0.692. The van der Waals surface area contributed by atoms with E-state index in [-0.39, 0.29) is 5.91 Å². The smallest absolute Gasteiger partial charge is 0.254 e. The molecule has 0 spiro atoms. The molecular weight excluding hydrogens is 382 g/mol. The second-order valence-electron chi connectivity index (χ2n) is 6.87. The zero-order chi connectivity index (χ0) is 20.2. The molecule has 3 aromatic rings. The summed E-state index contributed by atoms with van der Waals surface area (Å²) in [6, 6.07) is 19.7. The number of benzene rings is 2. The third kappa shape index (κ3) is 3.96. The van der Waals surface area contributed by atoms with Gasteiger partial charge in [-0.3, -0.25) is 4.79 Å². The Kier molecular flexibility index (Phi) is 5.50. The molecule has 5 nitrogen and oxygen atoms in total. The third-order valence-electron chi connectivity index (χ3n) is 5.07. The van der Waals surface area contributed by atoms with Gasteiger partial charge in [0.05, 0.1) is 19.2 Å². The highest BCUT2D eigenvalue weighted by Crippen LogP contribution is 2.37. The lowest BCUT2D eigenvalue weighted by molar-refractivity contribution is 0.0736. The van der Waals surface area contributed by atoms with Gasteiger partial charge in [0.25, 0.3) is 5.91 Å². The summed E-state index contributed by atoms with van der Waals surface area (Å²) >= 11 is 1.58. The molecule has 0 unspecified atom stereocenters. The zero-order valence-electron chi connectivity index (χ0n) is 16.1. The van der Waals surface area contributed by atoms with E-state index in [4.69, 9.17) is 4.74 Å². The number of hydrogen-bond donors (Lipinski definition) is 1. The predicted octanol–water partition coefficient (Wildman–Crippen LogP) is 4.44. The molecule has 0 bridgehead atoms. The summed E-state index contributed by atoms with van der Waals surface area (Å²) in [6.45, 7) is 1.80. The summed E-state index contributed by atoms with van der Waals surface area (Å²) in [5, 5.41) is 14.0. The first-order valence-electron chi connectivity index (χ1n) is 9.45. The Morgan fingerprint density at radius 2 is 2.07 bits per heavy atom. The van der Waals surface area contributed by atoms with Crippen molar-refractivity contribution in [2.45, 2.75) is 19.5 Å². The number of nitriles is 1. The third-order valence-corrected chi connectivity index (χ3v) is 6.24. The average molecular weight is 404 g/mol. The molecule has 0 saturated carbocycles. The van der Waals surface area contributed by atoms with Gasteiger partial charge in [-0.25, -0.2) is 0 Å². The van der Waals surface area contributed by atoms with E-state index in [1.54, 1.807) is 24.5 Å². The highest BCUT2D eigenvalue weighted by Gasteiger charge is 2.27. The fourth-order valence-corrected chi connectivity index (χ4v) is 4.75. The minimum Gasteiger partial charge on any atom is -0.497 e. The second-order valence-corrected chi connectivity index (χ2v) is 7.97. The van der Waals surface area contributed by atoms with Crippen molar-refractivity contribution in [1.29, 1.82) is 5.26 Å². The Bertz CT molecular complexity index is 1070. The highest BCUT2D eigenvalue weighted by atomic mass is 32.1.